The number of hydrogen-bond acceptors (Lipinski definition) is 4. The monoisotopic (exact) mass is 407 g/mol. The Morgan fingerprint density at radius 3 is 2.47 bits per heavy atom. The molecule has 0 spiro atoms. The number of nitrogens with zero attached hydrogens (tertiary/aromatic N) is 2. The zero-order chi connectivity index (χ0) is 21.9. The van der Waals surface area contributed by atoms with Gasteiger partial charge in [-0.05, 0) is 50.5 Å². The van der Waals surface area contributed by atoms with Crippen LogP contribution in [0.25, 0.3) is 11.0 Å². The topological polar surface area (TPSA) is 87.4 Å². The first-order valence-electron chi connectivity index (χ1n) is 10.0. The molecule has 0 aliphatic rings. The summed E-state index contributed by atoms with van der Waals surface area (Å²) in [4.78, 5) is 17.3. The molecule has 1 heterocycles. The van der Waals surface area contributed by atoms with Crippen molar-refractivity contribution >= 4 is 22.9 Å². The number of aryl methyl sites for hydroxylation is 1. The molecule has 1 atom stereocenters. The molecular weight excluding hydrogens is 378 g/mol. The molecule has 0 radical (unpaired) electrons. The predicted octanol–water partition coefficient (Wildman–Crippen LogP) is 4.08. The Labute approximate surface area is 176 Å². The number of amides is 1. The van der Waals surface area contributed by atoms with E-state index in [-0.39, 0.29) is 12.3 Å². The van der Waals surface area contributed by atoms with E-state index in [1.165, 1.54) is 0 Å². The van der Waals surface area contributed by atoms with Crippen LogP contribution in [0, 0.1) is 0 Å². The van der Waals surface area contributed by atoms with Crippen LogP contribution in [0.1, 0.15) is 44.7 Å². The Balaban J connectivity index is 1.90. The number of imidazole rings is 1. The lowest BCUT2D eigenvalue weighted by Gasteiger charge is -2.23. The van der Waals surface area contributed by atoms with Gasteiger partial charge in [-0.2, -0.15) is 0 Å². The van der Waals surface area contributed by atoms with E-state index in [0.717, 1.165) is 16.6 Å². The molecule has 30 heavy (non-hydrogen) atoms. The third kappa shape index (κ3) is 4.78. The quantitative estimate of drug-likeness (QED) is 0.491. The molecule has 1 unspecified atom stereocenters. The normalized spacial score (nSPS) is 13.8. The molecule has 0 aliphatic heterocycles. The van der Waals surface area contributed by atoms with Crippen molar-refractivity contribution in [1.29, 1.82) is 0 Å². The highest BCUT2D eigenvalue weighted by molar-refractivity contribution is 5.92. The van der Waals surface area contributed by atoms with Crippen molar-refractivity contribution in [1.82, 2.24) is 9.55 Å². The van der Waals surface area contributed by atoms with Gasteiger partial charge in [-0.3, -0.25) is 10.1 Å². The fourth-order valence-corrected chi connectivity index (χ4v) is 3.43. The maximum absolute atomic E-state index is 12.7. The number of aliphatic hydroxyl groups is 2. The first kappa shape index (κ1) is 21.7. The van der Waals surface area contributed by atoms with Gasteiger partial charge in [0.2, 0.25) is 11.9 Å². The third-order valence-corrected chi connectivity index (χ3v) is 5.16. The summed E-state index contributed by atoms with van der Waals surface area (Å²) in [6.07, 6.45) is 2.40. The van der Waals surface area contributed by atoms with Crippen LogP contribution in [0.5, 0.6) is 0 Å². The first-order chi connectivity index (χ1) is 14.1. The summed E-state index contributed by atoms with van der Waals surface area (Å²) >= 11 is 0. The van der Waals surface area contributed by atoms with Crippen molar-refractivity contribution in [2.75, 3.05) is 5.32 Å². The smallest absolute Gasteiger partial charge is 0.229 e. The summed E-state index contributed by atoms with van der Waals surface area (Å²) in [5.41, 5.74) is 0.699. The van der Waals surface area contributed by atoms with Crippen LogP contribution in [0.2, 0.25) is 0 Å². The maximum Gasteiger partial charge on any atom is 0.229 e. The highest BCUT2D eigenvalue weighted by Gasteiger charge is 2.27. The van der Waals surface area contributed by atoms with Gasteiger partial charge in [0.1, 0.15) is 0 Å². The summed E-state index contributed by atoms with van der Waals surface area (Å²) in [5, 5.41) is 24.0. The molecule has 3 aromatic rings. The summed E-state index contributed by atoms with van der Waals surface area (Å²) in [6.45, 7) is 9.44. The zero-order valence-electron chi connectivity index (χ0n) is 17.7. The third-order valence-electron chi connectivity index (χ3n) is 5.16. The minimum atomic E-state index is -1.29. The highest BCUT2D eigenvalue weighted by atomic mass is 16.3. The molecule has 6 heteroatoms. The van der Waals surface area contributed by atoms with E-state index in [1.807, 2.05) is 41.0 Å². The van der Waals surface area contributed by atoms with Gasteiger partial charge in [0.25, 0.3) is 0 Å². The molecule has 1 amide bonds. The lowest BCUT2D eigenvalue weighted by atomic mass is 9.92. The number of fused-ring (bicyclic) bond motifs is 1. The van der Waals surface area contributed by atoms with E-state index in [2.05, 4.69) is 16.9 Å². The molecule has 0 bridgehead atoms. The molecule has 158 valence electrons. The van der Waals surface area contributed by atoms with Crippen LogP contribution in [0.3, 0.4) is 0 Å². The van der Waals surface area contributed by atoms with Gasteiger partial charge >= 0.3 is 0 Å². The number of benzene rings is 2. The average molecular weight is 408 g/mol. The molecular formula is C24H29N3O3. The molecule has 0 aliphatic carbocycles. The van der Waals surface area contributed by atoms with E-state index < -0.39 is 11.2 Å². The van der Waals surface area contributed by atoms with Gasteiger partial charge in [-0.25, -0.2) is 4.98 Å². The second-order valence-electron chi connectivity index (χ2n) is 8.29. The molecule has 3 rings (SSSR count). The standard InChI is InChI=1S/C24H29N3O3/c1-5-6-14-27-20-15-18(23(2,3)29)12-13-19(20)25-22(27)26-21(28)16-24(4,30)17-10-8-7-9-11-17/h5,7-13,15,29-30H,1,6,14,16H2,2-4H3,(H,25,26,28). The SMILES string of the molecule is C=CCCn1c(NC(=O)CC(C)(O)c2ccccc2)nc2ccc(C(C)(C)O)cc21. The first-order valence-corrected chi connectivity index (χ1v) is 10.0. The number of anilines is 1. The number of carbonyl (C=O) groups excluding carboxylic acids is 1. The lowest BCUT2D eigenvalue weighted by molar-refractivity contribution is -0.120. The van der Waals surface area contributed by atoms with Crippen molar-refractivity contribution in [2.45, 2.75) is 51.4 Å². The van der Waals surface area contributed by atoms with E-state index in [9.17, 15) is 15.0 Å². The van der Waals surface area contributed by atoms with Crippen molar-refractivity contribution in [3.05, 3.63) is 72.3 Å². The second-order valence-corrected chi connectivity index (χ2v) is 8.29. The number of carbonyl (C=O) groups is 1. The van der Waals surface area contributed by atoms with Gasteiger partial charge in [0.15, 0.2) is 0 Å². The maximum atomic E-state index is 12.7. The van der Waals surface area contributed by atoms with Crippen LogP contribution in [-0.4, -0.2) is 25.7 Å². The highest BCUT2D eigenvalue weighted by Crippen LogP contribution is 2.28. The van der Waals surface area contributed by atoms with Gasteiger partial charge in [-0.1, -0.05) is 42.5 Å². The number of aromatic nitrogens is 2. The van der Waals surface area contributed by atoms with Gasteiger partial charge in [-0.15, -0.1) is 6.58 Å². The van der Waals surface area contributed by atoms with Crippen molar-refractivity contribution in [3.63, 3.8) is 0 Å². The lowest BCUT2D eigenvalue weighted by Crippen LogP contribution is -2.29. The largest absolute Gasteiger partial charge is 0.386 e. The van der Waals surface area contributed by atoms with Crippen LogP contribution < -0.4 is 5.32 Å². The number of rotatable bonds is 8. The van der Waals surface area contributed by atoms with E-state index in [0.29, 0.717) is 24.5 Å². The Bertz CT molecular complexity index is 1050. The molecule has 0 saturated heterocycles. The van der Waals surface area contributed by atoms with E-state index in [4.69, 9.17) is 0 Å². The van der Waals surface area contributed by atoms with E-state index in [1.54, 1.807) is 39.0 Å². The van der Waals surface area contributed by atoms with Crippen LogP contribution >= 0.6 is 0 Å². The summed E-state index contributed by atoms with van der Waals surface area (Å²) < 4.78 is 1.90. The minimum Gasteiger partial charge on any atom is -0.386 e. The van der Waals surface area contributed by atoms with Gasteiger partial charge in [0.05, 0.1) is 28.7 Å². The number of hydrogen-bond donors (Lipinski definition) is 3. The second kappa shape index (κ2) is 8.42. The fraction of sp³-hybridized carbons (Fsp3) is 0.333. The van der Waals surface area contributed by atoms with Crippen molar-refractivity contribution in [3.8, 4) is 0 Å². The number of allylic oxidation sites excluding steroid dienone is 1. The van der Waals surface area contributed by atoms with Gasteiger partial charge in [0, 0.05) is 6.54 Å². The van der Waals surface area contributed by atoms with Crippen molar-refractivity contribution in [2.24, 2.45) is 0 Å². The predicted molar refractivity (Wildman–Crippen MR) is 119 cm³/mol. The Morgan fingerprint density at radius 2 is 1.83 bits per heavy atom. The Hall–Kier alpha value is -2.96. The summed E-state index contributed by atoms with van der Waals surface area (Å²) in [6, 6.07) is 14.7. The molecule has 0 saturated carbocycles. The molecule has 6 nitrogen and oxygen atoms in total. The van der Waals surface area contributed by atoms with Crippen LogP contribution in [0.4, 0.5) is 5.95 Å². The summed E-state index contributed by atoms with van der Waals surface area (Å²) in [7, 11) is 0. The van der Waals surface area contributed by atoms with E-state index >= 15 is 0 Å². The molecule has 3 N–H and O–H groups in total. The Kier molecular flexibility index (Phi) is 6.10. The fourth-order valence-electron chi connectivity index (χ4n) is 3.43. The van der Waals surface area contributed by atoms with Crippen LogP contribution in [0.15, 0.2) is 61.2 Å². The Morgan fingerprint density at radius 1 is 1.13 bits per heavy atom. The van der Waals surface area contributed by atoms with Crippen molar-refractivity contribution < 1.29 is 15.0 Å². The average Bonchev–Trinajstić information content (AvgIpc) is 3.02. The zero-order valence-corrected chi connectivity index (χ0v) is 17.7. The minimum absolute atomic E-state index is 0.101. The molecule has 2 aromatic carbocycles. The molecule has 0 fully saturated rings. The van der Waals surface area contributed by atoms with Gasteiger partial charge < -0.3 is 14.8 Å². The molecule has 1 aromatic heterocycles. The van der Waals surface area contributed by atoms with Crippen LogP contribution in [-0.2, 0) is 22.5 Å². The number of nitrogens with one attached hydrogen (secondary N) is 1. The summed E-state index contributed by atoms with van der Waals surface area (Å²) in [5.74, 6) is 0.0790.